The first-order chi connectivity index (χ1) is 8.00. The molecule has 2 aliphatic rings. The van der Waals surface area contributed by atoms with Crippen LogP contribution in [-0.4, -0.2) is 0 Å². The van der Waals surface area contributed by atoms with Gasteiger partial charge >= 0.3 is 0 Å². The lowest BCUT2D eigenvalue weighted by Crippen LogP contribution is -2.16. The summed E-state index contributed by atoms with van der Waals surface area (Å²) < 4.78 is 2.67. The van der Waals surface area contributed by atoms with Gasteiger partial charge in [-0.2, -0.15) is 0 Å². The summed E-state index contributed by atoms with van der Waals surface area (Å²) in [4.78, 5) is 0. The second-order valence-electron chi connectivity index (χ2n) is 5.30. The standard InChI is InChI=1S/C15H14BrI/c1-15(2)13-7-9(16)3-5-11(13)12-6-4-10(17)8-14(12)15/h3,5,7-8H,4,6H2,1-2H3. The summed E-state index contributed by atoms with van der Waals surface area (Å²) in [7, 11) is 0. The minimum absolute atomic E-state index is 0.158. The third-order valence-electron chi connectivity index (χ3n) is 3.89. The molecule has 2 heteroatoms. The second-order valence-corrected chi connectivity index (χ2v) is 7.60. The molecule has 1 aromatic carbocycles. The summed E-state index contributed by atoms with van der Waals surface area (Å²) in [6.07, 6.45) is 4.79. The van der Waals surface area contributed by atoms with Crippen molar-refractivity contribution in [3.8, 4) is 0 Å². The Morgan fingerprint density at radius 2 is 2.00 bits per heavy atom. The zero-order valence-corrected chi connectivity index (χ0v) is 13.7. The number of hydrogen-bond acceptors (Lipinski definition) is 0. The normalized spacial score (nSPS) is 21.1. The van der Waals surface area contributed by atoms with Gasteiger partial charge in [0.1, 0.15) is 0 Å². The van der Waals surface area contributed by atoms with Crippen LogP contribution in [0.5, 0.6) is 0 Å². The van der Waals surface area contributed by atoms with Gasteiger partial charge in [0.2, 0.25) is 0 Å². The molecule has 0 fully saturated rings. The third kappa shape index (κ3) is 1.75. The van der Waals surface area contributed by atoms with E-state index in [1.807, 2.05) is 0 Å². The number of allylic oxidation sites excluding steroid dienone is 4. The van der Waals surface area contributed by atoms with Crippen molar-refractivity contribution in [1.29, 1.82) is 0 Å². The van der Waals surface area contributed by atoms with Crippen LogP contribution in [0.3, 0.4) is 0 Å². The number of rotatable bonds is 0. The summed E-state index contributed by atoms with van der Waals surface area (Å²) in [5.74, 6) is 0. The molecule has 0 unspecified atom stereocenters. The maximum Gasteiger partial charge on any atom is 0.0178 e. The SMILES string of the molecule is CC1(C)C2=C(CCC(I)=C2)c2ccc(Br)cc21. The van der Waals surface area contributed by atoms with Gasteiger partial charge in [-0.15, -0.1) is 0 Å². The lowest BCUT2D eigenvalue weighted by Gasteiger charge is -2.24. The van der Waals surface area contributed by atoms with Gasteiger partial charge in [0, 0.05) is 9.89 Å². The lowest BCUT2D eigenvalue weighted by molar-refractivity contribution is 0.650. The number of benzene rings is 1. The van der Waals surface area contributed by atoms with E-state index in [1.165, 1.54) is 37.6 Å². The predicted octanol–water partition coefficient (Wildman–Crippen LogP) is 5.61. The fourth-order valence-corrected chi connectivity index (χ4v) is 3.92. The van der Waals surface area contributed by atoms with Crippen molar-refractivity contribution in [3.63, 3.8) is 0 Å². The number of hydrogen-bond donors (Lipinski definition) is 0. The smallest absolute Gasteiger partial charge is 0.0178 e. The summed E-state index contributed by atoms with van der Waals surface area (Å²) in [5, 5.41) is 0. The molecule has 2 aliphatic carbocycles. The average molecular weight is 401 g/mol. The number of halogens is 2. The fourth-order valence-electron chi connectivity index (χ4n) is 2.97. The molecular formula is C15H14BrI. The highest BCUT2D eigenvalue weighted by atomic mass is 127. The van der Waals surface area contributed by atoms with E-state index >= 15 is 0 Å². The minimum Gasteiger partial charge on any atom is -0.0533 e. The van der Waals surface area contributed by atoms with Crippen molar-refractivity contribution in [2.24, 2.45) is 0 Å². The van der Waals surface area contributed by atoms with Crippen LogP contribution in [-0.2, 0) is 5.41 Å². The van der Waals surface area contributed by atoms with Gasteiger partial charge in [-0.1, -0.05) is 35.8 Å². The van der Waals surface area contributed by atoms with E-state index < -0.39 is 0 Å². The molecule has 88 valence electrons. The molecule has 0 spiro atoms. The average Bonchev–Trinajstić information content (AvgIpc) is 2.49. The van der Waals surface area contributed by atoms with Crippen LogP contribution in [0.2, 0.25) is 0 Å². The molecule has 0 aromatic heterocycles. The van der Waals surface area contributed by atoms with E-state index in [1.54, 1.807) is 5.57 Å². The highest BCUT2D eigenvalue weighted by Crippen LogP contribution is 2.51. The molecule has 0 amide bonds. The highest BCUT2D eigenvalue weighted by Gasteiger charge is 2.37. The summed E-state index contributed by atoms with van der Waals surface area (Å²) >= 11 is 6.07. The van der Waals surface area contributed by atoms with Crippen molar-refractivity contribution in [2.75, 3.05) is 0 Å². The Morgan fingerprint density at radius 3 is 2.76 bits per heavy atom. The maximum absolute atomic E-state index is 3.59. The zero-order valence-electron chi connectivity index (χ0n) is 9.98. The first-order valence-corrected chi connectivity index (χ1v) is 7.77. The summed E-state index contributed by atoms with van der Waals surface area (Å²) in [5.41, 5.74) is 6.19. The molecular weight excluding hydrogens is 387 g/mol. The second kappa shape index (κ2) is 3.95. The van der Waals surface area contributed by atoms with Crippen LogP contribution in [0.1, 0.15) is 37.8 Å². The Hall–Kier alpha value is -0.0900. The molecule has 0 bridgehead atoms. The van der Waals surface area contributed by atoms with Gasteiger partial charge in [0.15, 0.2) is 0 Å². The molecule has 0 heterocycles. The van der Waals surface area contributed by atoms with Gasteiger partial charge in [0.25, 0.3) is 0 Å². The Labute approximate surface area is 124 Å². The molecule has 0 atom stereocenters. The largest absolute Gasteiger partial charge is 0.0533 e. The van der Waals surface area contributed by atoms with E-state index in [9.17, 15) is 0 Å². The van der Waals surface area contributed by atoms with Crippen LogP contribution in [0.4, 0.5) is 0 Å². The molecule has 0 radical (unpaired) electrons. The van der Waals surface area contributed by atoms with E-state index in [4.69, 9.17) is 0 Å². The Morgan fingerprint density at radius 1 is 1.24 bits per heavy atom. The molecule has 0 saturated carbocycles. The van der Waals surface area contributed by atoms with Gasteiger partial charge in [0.05, 0.1) is 0 Å². The first-order valence-electron chi connectivity index (χ1n) is 5.90. The summed E-state index contributed by atoms with van der Waals surface area (Å²) in [6.45, 7) is 4.68. The topological polar surface area (TPSA) is 0 Å². The van der Waals surface area contributed by atoms with Crippen LogP contribution < -0.4 is 0 Å². The molecule has 0 aliphatic heterocycles. The molecule has 17 heavy (non-hydrogen) atoms. The van der Waals surface area contributed by atoms with Crippen molar-refractivity contribution < 1.29 is 0 Å². The lowest BCUT2D eigenvalue weighted by atomic mass is 9.80. The van der Waals surface area contributed by atoms with Crippen LogP contribution in [0, 0.1) is 0 Å². The molecule has 0 saturated heterocycles. The monoisotopic (exact) mass is 400 g/mol. The van der Waals surface area contributed by atoms with Crippen LogP contribution in [0.15, 0.2) is 37.9 Å². The fraction of sp³-hybridized carbons (Fsp3) is 0.333. The molecule has 3 rings (SSSR count). The Balaban J connectivity index is 2.26. The predicted molar refractivity (Wildman–Crippen MR) is 85.4 cm³/mol. The van der Waals surface area contributed by atoms with Gasteiger partial charge in [-0.3, -0.25) is 0 Å². The van der Waals surface area contributed by atoms with Crippen molar-refractivity contribution in [3.05, 3.63) is 49.0 Å². The quantitative estimate of drug-likeness (QED) is 0.496. The molecule has 1 aromatic rings. The van der Waals surface area contributed by atoms with Gasteiger partial charge in [-0.05, 0) is 79.5 Å². The highest BCUT2D eigenvalue weighted by molar-refractivity contribution is 14.1. The van der Waals surface area contributed by atoms with Crippen molar-refractivity contribution >= 4 is 44.1 Å². The Bertz CT molecular complexity index is 564. The van der Waals surface area contributed by atoms with E-state index in [-0.39, 0.29) is 5.41 Å². The van der Waals surface area contributed by atoms with Crippen LogP contribution in [0.25, 0.3) is 5.57 Å². The van der Waals surface area contributed by atoms with E-state index in [0.29, 0.717) is 0 Å². The summed E-state index contributed by atoms with van der Waals surface area (Å²) in [6, 6.07) is 6.72. The first kappa shape index (κ1) is 12.0. The maximum atomic E-state index is 3.59. The minimum atomic E-state index is 0.158. The zero-order chi connectivity index (χ0) is 12.2. The molecule has 0 nitrogen and oxygen atoms in total. The van der Waals surface area contributed by atoms with Gasteiger partial charge < -0.3 is 0 Å². The van der Waals surface area contributed by atoms with E-state index in [2.05, 4.69) is 76.6 Å². The third-order valence-corrected chi connectivity index (χ3v) is 5.24. The van der Waals surface area contributed by atoms with Crippen LogP contribution >= 0.6 is 38.5 Å². The van der Waals surface area contributed by atoms with Crippen molar-refractivity contribution in [1.82, 2.24) is 0 Å². The number of fused-ring (bicyclic) bond motifs is 2. The van der Waals surface area contributed by atoms with Gasteiger partial charge in [-0.25, -0.2) is 0 Å². The molecule has 0 N–H and O–H groups in total. The van der Waals surface area contributed by atoms with E-state index in [0.717, 1.165) is 0 Å². The van der Waals surface area contributed by atoms with Crippen molar-refractivity contribution in [2.45, 2.75) is 32.1 Å². The Kier molecular flexibility index (Phi) is 2.78.